The molecule has 0 aliphatic rings. The molecule has 0 aliphatic carbocycles. The predicted molar refractivity (Wildman–Crippen MR) is 114 cm³/mol. The van der Waals surface area contributed by atoms with Crippen LogP contribution in [0.2, 0.25) is 0 Å². The number of oxazole rings is 1. The van der Waals surface area contributed by atoms with E-state index in [2.05, 4.69) is 4.98 Å². The number of Topliss-reactive ketones (excluding diaryl/α,β-unsaturated/α-hetero) is 1. The lowest BCUT2D eigenvalue weighted by molar-refractivity contribution is -0.117. The highest BCUT2D eigenvalue weighted by molar-refractivity contribution is 5.83. The van der Waals surface area contributed by atoms with E-state index in [1.165, 1.54) is 6.26 Å². The number of rotatable bonds is 10. The fraction of sp³-hybridized carbons (Fsp3) is 0.333. The molecule has 0 radical (unpaired) electrons. The van der Waals surface area contributed by atoms with E-state index >= 15 is 0 Å². The molecule has 3 aromatic rings. The van der Waals surface area contributed by atoms with Crippen molar-refractivity contribution in [1.82, 2.24) is 4.98 Å². The quantitative estimate of drug-likeness (QED) is 0.475. The first-order valence-electron chi connectivity index (χ1n) is 10.0. The van der Waals surface area contributed by atoms with Crippen LogP contribution in [0.5, 0.6) is 17.2 Å². The number of ketones is 1. The number of benzene rings is 2. The van der Waals surface area contributed by atoms with E-state index in [0.717, 1.165) is 16.9 Å². The number of aromatic nitrogens is 1. The lowest BCUT2D eigenvalue weighted by Gasteiger charge is -2.13. The van der Waals surface area contributed by atoms with E-state index in [-0.39, 0.29) is 24.7 Å². The third-order valence-electron chi connectivity index (χ3n) is 4.36. The molecule has 0 aliphatic heterocycles. The number of methoxy groups -OCH3 is 1. The molecule has 1 aromatic heterocycles. The molecular weight excluding hydrogens is 382 g/mol. The van der Waals surface area contributed by atoms with Gasteiger partial charge in [0.25, 0.3) is 0 Å². The number of nitrogens with zero attached hydrogens (tertiary/aromatic N) is 1. The van der Waals surface area contributed by atoms with Crippen LogP contribution in [0, 0.1) is 0 Å². The molecule has 0 spiro atoms. The third kappa shape index (κ3) is 5.41. The number of carbonyl (C=O) groups is 1. The summed E-state index contributed by atoms with van der Waals surface area (Å²) in [4.78, 5) is 17.1. The monoisotopic (exact) mass is 409 g/mol. The Kier molecular flexibility index (Phi) is 7.12. The Hall–Kier alpha value is -3.28. The minimum atomic E-state index is 0.00598. The summed E-state index contributed by atoms with van der Waals surface area (Å²) < 4.78 is 22.4. The second kappa shape index (κ2) is 9.96. The fourth-order valence-electron chi connectivity index (χ4n) is 3.10. The Morgan fingerprint density at radius 2 is 1.87 bits per heavy atom. The van der Waals surface area contributed by atoms with Gasteiger partial charge in [0.2, 0.25) is 5.89 Å². The summed E-state index contributed by atoms with van der Waals surface area (Å²) >= 11 is 0. The van der Waals surface area contributed by atoms with E-state index in [1.54, 1.807) is 7.11 Å². The van der Waals surface area contributed by atoms with Gasteiger partial charge in [-0.2, -0.15) is 0 Å². The van der Waals surface area contributed by atoms with Crippen LogP contribution in [-0.2, 0) is 17.6 Å². The van der Waals surface area contributed by atoms with Gasteiger partial charge in [-0.25, -0.2) is 4.98 Å². The maximum absolute atomic E-state index is 12.6. The summed E-state index contributed by atoms with van der Waals surface area (Å²) in [7, 11) is 1.60. The minimum absolute atomic E-state index is 0.00598. The molecule has 6 heteroatoms. The highest BCUT2D eigenvalue weighted by Crippen LogP contribution is 2.33. The molecular formula is C24H27NO5. The van der Waals surface area contributed by atoms with E-state index in [9.17, 15) is 4.79 Å². The SMILES string of the molecule is CCOc1ccccc1CC(=O)Cc1coc(-c2ccc(OC)c(OC(C)C)c2)n1. The molecule has 2 aromatic carbocycles. The average Bonchev–Trinajstić information content (AvgIpc) is 3.17. The molecule has 0 atom stereocenters. The highest BCUT2D eigenvalue weighted by Gasteiger charge is 2.15. The molecule has 0 amide bonds. The second-order valence-electron chi connectivity index (χ2n) is 7.11. The molecule has 3 rings (SSSR count). The molecule has 0 saturated carbocycles. The van der Waals surface area contributed by atoms with Gasteiger partial charge >= 0.3 is 0 Å². The van der Waals surface area contributed by atoms with Crippen molar-refractivity contribution in [3.8, 4) is 28.7 Å². The second-order valence-corrected chi connectivity index (χ2v) is 7.11. The van der Waals surface area contributed by atoms with Crippen molar-refractivity contribution < 1.29 is 23.4 Å². The first-order valence-corrected chi connectivity index (χ1v) is 10.0. The maximum atomic E-state index is 12.6. The highest BCUT2D eigenvalue weighted by atomic mass is 16.5. The van der Waals surface area contributed by atoms with Crippen molar-refractivity contribution in [3.05, 3.63) is 60.0 Å². The van der Waals surface area contributed by atoms with E-state index in [4.69, 9.17) is 18.6 Å². The van der Waals surface area contributed by atoms with Crippen LogP contribution in [-0.4, -0.2) is 30.6 Å². The fourth-order valence-corrected chi connectivity index (χ4v) is 3.10. The van der Waals surface area contributed by atoms with Gasteiger partial charge in [0.05, 0.1) is 31.9 Å². The van der Waals surface area contributed by atoms with Gasteiger partial charge in [-0.3, -0.25) is 4.79 Å². The number of carbonyl (C=O) groups excluding carboxylic acids is 1. The predicted octanol–water partition coefficient (Wildman–Crippen LogP) is 4.89. The van der Waals surface area contributed by atoms with Crippen molar-refractivity contribution >= 4 is 5.78 Å². The van der Waals surface area contributed by atoms with Gasteiger partial charge in [-0.1, -0.05) is 18.2 Å². The zero-order valence-electron chi connectivity index (χ0n) is 17.8. The molecule has 0 saturated heterocycles. The van der Waals surface area contributed by atoms with E-state index in [0.29, 0.717) is 29.7 Å². The Morgan fingerprint density at radius 3 is 2.60 bits per heavy atom. The summed E-state index contributed by atoms with van der Waals surface area (Å²) in [6.07, 6.45) is 2.00. The van der Waals surface area contributed by atoms with Gasteiger partial charge in [0.15, 0.2) is 11.5 Å². The molecule has 1 heterocycles. The number of hydrogen-bond donors (Lipinski definition) is 0. The van der Waals surface area contributed by atoms with E-state index in [1.807, 2.05) is 63.2 Å². The van der Waals surface area contributed by atoms with Crippen molar-refractivity contribution in [2.45, 2.75) is 39.7 Å². The Bertz CT molecular complexity index is 993. The molecule has 6 nitrogen and oxygen atoms in total. The summed E-state index contributed by atoms with van der Waals surface area (Å²) in [5.74, 6) is 2.48. The summed E-state index contributed by atoms with van der Waals surface area (Å²) in [5.41, 5.74) is 2.22. The summed E-state index contributed by atoms with van der Waals surface area (Å²) in [6, 6.07) is 13.1. The maximum Gasteiger partial charge on any atom is 0.226 e. The molecule has 158 valence electrons. The molecule has 0 unspecified atom stereocenters. The van der Waals surface area contributed by atoms with Gasteiger partial charge in [0.1, 0.15) is 17.8 Å². The van der Waals surface area contributed by atoms with Gasteiger partial charge in [-0.15, -0.1) is 0 Å². The molecule has 30 heavy (non-hydrogen) atoms. The number of para-hydroxylation sites is 1. The van der Waals surface area contributed by atoms with Crippen molar-refractivity contribution in [2.75, 3.05) is 13.7 Å². The smallest absolute Gasteiger partial charge is 0.226 e. The zero-order valence-corrected chi connectivity index (χ0v) is 17.8. The van der Waals surface area contributed by atoms with Crippen LogP contribution in [0.3, 0.4) is 0 Å². The van der Waals surface area contributed by atoms with Crippen LogP contribution >= 0.6 is 0 Å². The molecule has 0 fully saturated rings. The normalized spacial score (nSPS) is 10.8. The largest absolute Gasteiger partial charge is 0.494 e. The van der Waals surface area contributed by atoms with Crippen LogP contribution in [0.4, 0.5) is 0 Å². The Labute approximate surface area is 176 Å². The first-order chi connectivity index (χ1) is 14.5. The minimum Gasteiger partial charge on any atom is -0.494 e. The summed E-state index contributed by atoms with van der Waals surface area (Å²) in [6.45, 7) is 6.38. The lowest BCUT2D eigenvalue weighted by Crippen LogP contribution is -2.08. The van der Waals surface area contributed by atoms with E-state index < -0.39 is 0 Å². The number of hydrogen-bond acceptors (Lipinski definition) is 6. The number of ether oxygens (including phenoxy) is 3. The molecule has 0 N–H and O–H groups in total. The van der Waals surface area contributed by atoms with Crippen molar-refractivity contribution in [3.63, 3.8) is 0 Å². The zero-order chi connectivity index (χ0) is 21.5. The van der Waals surface area contributed by atoms with Gasteiger partial charge < -0.3 is 18.6 Å². The molecule has 0 bridgehead atoms. The Morgan fingerprint density at radius 1 is 1.07 bits per heavy atom. The van der Waals surface area contributed by atoms with Crippen LogP contribution in [0.15, 0.2) is 53.1 Å². The Balaban J connectivity index is 1.72. The van der Waals surface area contributed by atoms with Crippen molar-refractivity contribution in [2.24, 2.45) is 0 Å². The van der Waals surface area contributed by atoms with Gasteiger partial charge in [0, 0.05) is 17.5 Å². The van der Waals surface area contributed by atoms with Crippen LogP contribution < -0.4 is 14.2 Å². The lowest BCUT2D eigenvalue weighted by atomic mass is 10.1. The van der Waals surface area contributed by atoms with Crippen molar-refractivity contribution in [1.29, 1.82) is 0 Å². The van der Waals surface area contributed by atoms with Crippen LogP contribution in [0.1, 0.15) is 32.0 Å². The average molecular weight is 409 g/mol. The first kappa shape index (κ1) is 21.4. The standard InChI is InChI=1S/C24H27NO5/c1-5-28-21-9-7-6-8-17(21)12-20(26)14-19-15-29-24(25-19)18-10-11-22(27-4)23(13-18)30-16(2)3/h6-11,13,15-16H,5,12,14H2,1-4H3. The van der Waals surface area contributed by atoms with Crippen LogP contribution in [0.25, 0.3) is 11.5 Å². The third-order valence-corrected chi connectivity index (χ3v) is 4.36. The topological polar surface area (TPSA) is 70.8 Å². The van der Waals surface area contributed by atoms with Gasteiger partial charge in [-0.05, 0) is 45.0 Å². The summed E-state index contributed by atoms with van der Waals surface area (Å²) in [5, 5.41) is 0.